The van der Waals surface area contributed by atoms with Crippen LogP contribution in [0.3, 0.4) is 0 Å². The Kier molecular flexibility index (Phi) is 7.70. The Hall–Kier alpha value is -2.28. The molecule has 2 aromatic heterocycles. The molecule has 2 heterocycles. The van der Waals surface area contributed by atoms with E-state index in [4.69, 9.17) is 17.0 Å². The van der Waals surface area contributed by atoms with Crippen molar-refractivity contribution in [1.29, 1.82) is 5.41 Å². The second-order valence-electron chi connectivity index (χ2n) is 10.7. The molecule has 0 spiro atoms. The van der Waals surface area contributed by atoms with Crippen LogP contribution >= 0.6 is 11.6 Å². The van der Waals surface area contributed by atoms with Crippen molar-refractivity contribution in [2.75, 3.05) is 6.54 Å². The topological polar surface area (TPSA) is 95.7 Å². The van der Waals surface area contributed by atoms with Gasteiger partial charge in [0.25, 0.3) is 0 Å². The number of hydrogen-bond acceptors (Lipinski definition) is 3. The average Bonchev–Trinajstić information content (AvgIpc) is 3.11. The Balaban J connectivity index is 1.48. The third-order valence-corrected chi connectivity index (χ3v) is 8.71. The van der Waals surface area contributed by atoms with Gasteiger partial charge in [-0.05, 0) is 80.2 Å². The van der Waals surface area contributed by atoms with Gasteiger partial charge in [0.05, 0.1) is 0 Å². The molecule has 8 heteroatoms. The third-order valence-electron chi connectivity index (χ3n) is 8.06. The van der Waals surface area contributed by atoms with Gasteiger partial charge in [-0.1, -0.05) is 6.92 Å². The summed E-state index contributed by atoms with van der Waals surface area (Å²) < 4.78 is 3.76. The van der Waals surface area contributed by atoms with Crippen LogP contribution in [-0.4, -0.2) is 31.9 Å². The van der Waals surface area contributed by atoms with E-state index in [0.717, 1.165) is 62.7 Å². The number of halogens is 1. The molecule has 2 saturated carbocycles. The van der Waals surface area contributed by atoms with Crippen LogP contribution in [0.15, 0.2) is 29.5 Å². The fraction of sp³-hybridized carbons (Fsp3) is 0.654. The highest BCUT2D eigenvalue weighted by atomic mass is 35.5. The molecule has 0 aromatic carbocycles. The number of carbonyl (C=O) groups is 1. The average molecular weight is 488 g/mol. The maximum absolute atomic E-state index is 13.3. The van der Waals surface area contributed by atoms with Gasteiger partial charge >= 0.3 is 0 Å². The summed E-state index contributed by atoms with van der Waals surface area (Å²) >= 11 is 6.38. The zero-order valence-corrected chi connectivity index (χ0v) is 21.3. The summed E-state index contributed by atoms with van der Waals surface area (Å²) in [6.45, 7) is 5.63. The minimum absolute atomic E-state index is 0.0737. The smallest absolute Gasteiger partial charge is 0.248 e. The van der Waals surface area contributed by atoms with Gasteiger partial charge in [-0.25, -0.2) is 0 Å². The Labute approximate surface area is 206 Å². The molecule has 0 aliphatic heterocycles. The minimum atomic E-state index is -0.0949. The van der Waals surface area contributed by atoms with Crippen LogP contribution in [0.2, 0.25) is 0 Å². The fourth-order valence-corrected chi connectivity index (χ4v) is 6.30. The predicted molar refractivity (Wildman–Crippen MR) is 134 cm³/mol. The summed E-state index contributed by atoms with van der Waals surface area (Å²) in [5.41, 5.74) is 2.48. The Bertz CT molecular complexity index is 1120. The number of alkyl halides is 1. The molecule has 186 valence electrons. The lowest BCUT2D eigenvalue weighted by molar-refractivity contribution is -0.127. The van der Waals surface area contributed by atoms with Crippen LogP contribution in [0.5, 0.6) is 0 Å². The van der Waals surface area contributed by atoms with Crippen molar-refractivity contribution in [2.24, 2.45) is 30.7 Å². The molecule has 34 heavy (non-hydrogen) atoms. The molecule has 7 nitrogen and oxygen atoms in total. The first-order valence-corrected chi connectivity index (χ1v) is 13.0. The van der Waals surface area contributed by atoms with Gasteiger partial charge in [0.1, 0.15) is 0 Å². The first-order valence-electron chi connectivity index (χ1n) is 12.6. The molecule has 2 aliphatic rings. The highest BCUT2D eigenvalue weighted by molar-refractivity contribution is 6.20. The molecule has 1 amide bonds. The van der Waals surface area contributed by atoms with Crippen LogP contribution in [0.1, 0.15) is 62.5 Å². The van der Waals surface area contributed by atoms with Gasteiger partial charge < -0.3 is 19.4 Å². The Morgan fingerprint density at radius 1 is 1.21 bits per heavy atom. The molecule has 0 saturated heterocycles. The monoisotopic (exact) mass is 487 g/mol. The fourth-order valence-electron chi connectivity index (χ4n) is 6.07. The minimum Gasteiger partial charge on any atom is -0.356 e. The number of hydrogen-bond donors (Lipinski definition) is 3. The number of amides is 1. The number of aromatic nitrogens is 3. The van der Waals surface area contributed by atoms with E-state index in [9.17, 15) is 9.59 Å². The number of pyridine rings is 1. The van der Waals surface area contributed by atoms with Crippen LogP contribution in [0.4, 0.5) is 0 Å². The number of nitrogens with one attached hydrogen (secondary N) is 3. The van der Waals surface area contributed by atoms with Crippen molar-refractivity contribution in [2.45, 2.75) is 70.2 Å². The van der Waals surface area contributed by atoms with Gasteiger partial charge in [-0.15, -0.1) is 11.6 Å². The van der Waals surface area contributed by atoms with Gasteiger partial charge in [0, 0.05) is 56.1 Å². The van der Waals surface area contributed by atoms with Crippen molar-refractivity contribution in [3.63, 3.8) is 0 Å². The summed E-state index contributed by atoms with van der Waals surface area (Å²) in [4.78, 5) is 27.9. The Morgan fingerprint density at radius 3 is 2.68 bits per heavy atom. The zero-order valence-electron chi connectivity index (χ0n) is 20.5. The van der Waals surface area contributed by atoms with Crippen LogP contribution < -0.4 is 16.5 Å². The summed E-state index contributed by atoms with van der Waals surface area (Å²) in [5.74, 6) is 1.54. The van der Waals surface area contributed by atoms with E-state index in [1.807, 2.05) is 37.1 Å². The maximum atomic E-state index is 13.3. The molecule has 6 atom stereocenters. The second kappa shape index (κ2) is 10.5. The SMILES string of the molecule is Cc1cc(=O)[nH]cc1C1CC(Cn2ccn(C)c2=N)CC(C(=O)NCC2CCC(Cl)C(C)C2)C1. The number of H-pyrrole nitrogens is 1. The molecule has 2 aliphatic carbocycles. The standard InChI is InChI=1S/C26H38ClN5O2/c1-16-9-24(33)29-14-22(16)20-10-19(15-32-7-6-31(3)26(32)28)11-21(12-20)25(34)30-13-18-4-5-23(27)17(2)8-18/h6-7,9,14,17-21,23,28H,4-5,8,10-13,15H2,1-3H3,(H,29,33)(H,30,34). The van der Waals surface area contributed by atoms with E-state index in [1.165, 1.54) is 0 Å². The molecular weight excluding hydrogens is 450 g/mol. The van der Waals surface area contributed by atoms with E-state index in [0.29, 0.717) is 17.5 Å². The third kappa shape index (κ3) is 5.68. The van der Waals surface area contributed by atoms with E-state index < -0.39 is 0 Å². The molecule has 3 N–H and O–H groups in total. The summed E-state index contributed by atoms with van der Waals surface area (Å²) in [6.07, 6.45) is 11.4. The molecular formula is C26H38ClN5O2. The number of imidazole rings is 1. The van der Waals surface area contributed by atoms with Crippen molar-refractivity contribution < 1.29 is 4.79 Å². The van der Waals surface area contributed by atoms with E-state index in [1.54, 1.807) is 10.6 Å². The predicted octanol–water partition coefficient (Wildman–Crippen LogP) is 3.66. The zero-order chi connectivity index (χ0) is 24.4. The number of aromatic amines is 1. The lowest BCUT2D eigenvalue weighted by atomic mass is 9.71. The summed E-state index contributed by atoms with van der Waals surface area (Å²) in [7, 11) is 1.88. The highest BCUT2D eigenvalue weighted by Crippen LogP contribution is 2.41. The van der Waals surface area contributed by atoms with Gasteiger partial charge in [0.15, 0.2) is 0 Å². The summed E-state index contributed by atoms with van der Waals surface area (Å²) in [5, 5.41) is 11.8. The van der Waals surface area contributed by atoms with E-state index in [-0.39, 0.29) is 34.6 Å². The van der Waals surface area contributed by atoms with Crippen LogP contribution in [-0.2, 0) is 18.4 Å². The first kappa shape index (κ1) is 24.8. The van der Waals surface area contributed by atoms with Crippen LogP contribution in [0.25, 0.3) is 0 Å². The molecule has 4 rings (SSSR count). The largest absolute Gasteiger partial charge is 0.356 e. The first-order chi connectivity index (χ1) is 16.2. The van der Waals surface area contributed by atoms with E-state index in [2.05, 4.69) is 17.2 Å². The molecule has 0 bridgehead atoms. The molecule has 2 fully saturated rings. The van der Waals surface area contributed by atoms with Crippen molar-refractivity contribution >= 4 is 17.5 Å². The second-order valence-corrected chi connectivity index (χ2v) is 11.3. The maximum Gasteiger partial charge on any atom is 0.248 e. The van der Waals surface area contributed by atoms with Crippen LogP contribution in [0, 0.1) is 36.0 Å². The van der Waals surface area contributed by atoms with Gasteiger partial charge in [-0.2, -0.15) is 0 Å². The van der Waals surface area contributed by atoms with Gasteiger partial charge in [-0.3, -0.25) is 15.0 Å². The molecule has 2 aromatic rings. The van der Waals surface area contributed by atoms with Crippen molar-refractivity contribution in [3.05, 3.63) is 51.8 Å². The molecule has 0 radical (unpaired) electrons. The number of aryl methyl sites for hydroxylation is 2. The lowest BCUT2D eigenvalue weighted by Crippen LogP contribution is -2.40. The number of rotatable bonds is 6. The quantitative estimate of drug-likeness (QED) is 0.542. The van der Waals surface area contributed by atoms with Crippen molar-refractivity contribution in [1.82, 2.24) is 19.4 Å². The van der Waals surface area contributed by atoms with Crippen molar-refractivity contribution in [3.8, 4) is 0 Å². The van der Waals surface area contributed by atoms with Gasteiger partial charge in [0.2, 0.25) is 17.1 Å². The normalized spacial score (nSPS) is 29.6. The van der Waals surface area contributed by atoms with E-state index >= 15 is 0 Å². The highest BCUT2D eigenvalue weighted by Gasteiger charge is 2.35. The number of carbonyl (C=O) groups excluding carboxylic acids is 1. The summed E-state index contributed by atoms with van der Waals surface area (Å²) in [6, 6.07) is 1.65. The number of nitrogens with zero attached hydrogens (tertiary/aromatic N) is 2. The molecule has 6 unspecified atom stereocenters. The Morgan fingerprint density at radius 2 is 2.00 bits per heavy atom. The lowest BCUT2D eigenvalue weighted by Gasteiger charge is -2.36.